The Balaban J connectivity index is 1.41. The first-order chi connectivity index (χ1) is 14.3. The van der Waals surface area contributed by atoms with Gasteiger partial charge in [-0.1, -0.05) is 24.4 Å². The molecule has 1 aromatic heterocycles. The maximum absolute atomic E-state index is 12.5. The zero-order valence-electron chi connectivity index (χ0n) is 16.7. The quantitative estimate of drug-likeness (QED) is 0.770. The van der Waals surface area contributed by atoms with Gasteiger partial charge >= 0.3 is 6.01 Å². The number of sulfone groups is 1. The van der Waals surface area contributed by atoms with Gasteiger partial charge in [-0.2, -0.15) is 0 Å². The summed E-state index contributed by atoms with van der Waals surface area (Å²) in [5.74, 6) is -0.219. The van der Waals surface area contributed by atoms with Gasteiger partial charge in [0.05, 0.1) is 10.8 Å². The fourth-order valence-corrected chi connectivity index (χ4v) is 4.65. The van der Waals surface area contributed by atoms with Gasteiger partial charge in [-0.3, -0.25) is 14.9 Å². The summed E-state index contributed by atoms with van der Waals surface area (Å²) in [5.41, 5.74) is 0.611. The summed E-state index contributed by atoms with van der Waals surface area (Å²) in [6.07, 6.45) is 6.35. The van der Waals surface area contributed by atoms with E-state index in [0.29, 0.717) is 18.1 Å². The Morgan fingerprint density at radius 1 is 1.13 bits per heavy atom. The molecular formula is C20H24N4O5S. The molecule has 2 aliphatic rings. The third-order valence-corrected chi connectivity index (χ3v) is 6.83. The normalized spacial score (nSPS) is 20.5. The van der Waals surface area contributed by atoms with Crippen LogP contribution in [-0.4, -0.2) is 43.2 Å². The molecule has 0 bridgehead atoms. The number of nitrogens with one attached hydrogen (secondary N) is 1. The Bertz CT molecular complexity index is 1040. The monoisotopic (exact) mass is 432 g/mol. The minimum Gasteiger partial charge on any atom is -0.407 e. The Morgan fingerprint density at radius 3 is 2.50 bits per heavy atom. The third kappa shape index (κ3) is 4.38. The van der Waals surface area contributed by atoms with Crippen LogP contribution in [-0.2, 0) is 19.4 Å². The van der Waals surface area contributed by atoms with Crippen molar-refractivity contribution in [3.05, 3.63) is 30.2 Å². The van der Waals surface area contributed by atoms with Crippen LogP contribution < -0.4 is 10.2 Å². The van der Waals surface area contributed by atoms with Crippen molar-refractivity contribution in [1.82, 2.24) is 10.2 Å². The Kier molecular flexibility index (Phi) is 5.59. The highest BCUT2D eigenvalue weighted by atomic mass is 32.2. The van der Waals surface area contributed by atoms with Crippen LogP contribution in [0.25, 0.3) is 0 Å². The first kappa shape index (κ1) is 20.5. The second kappa shape index (κ2) is 8.17. The molecule has 0 unspecified atom stereocenters. The maximum Gasteiger partial charge on any atom is 0.322 e. The van der Waals surface area contributed by atoms with Crippen LogP contribution in [0.1, 0.15) is 50.3 Å². The second-order valence-corrected chi connectivity index (χ2v) is 9.96. The number of amides is 2. The van der Waals surface area contributed by atoms with Gasteiger partial charge in [-0.15, -0.1) is 5.10 Å². The molecule has 2 heterocycles. The number of aromatic nitrogens is 2. The van der Waals surface area contributed by atoms with E-state index in [9.17, 15) is 18.0 Å². The average molecular weight is 433 g/mol. The number of anilines is 2. The van der Waals surface area contributed by atoms with Crippen molar-refractivity contribution in [3.8, 4) is 0 Å². The summed E-state index contributed by atoms with van der Waals surface area (Å²) in [5, 5.41) is 10.6. The summed E-state index contributed by atoms with van der Waals surface area (Å²) in [6, 6.07) is 6.25. The van der Waals surface area contributed by atoms with Gasteiger partial charge in [0.1, 0.15) is 0 Å². The summed E-state index contributed by atoms with van der Waals surface area (Å²) in [6.45, 7) is 0.343. The van der Waals surface area contributed by atoms with Crippen LogP contribution in [0.5, 0.6) is 0 Å². The van der Waals surface area contributed by atoms with Gasteiger partial charge < -0.3 is 9.32 Å². The van der Waals surface area contributed by atoms with Crippen LogP contribution in [0.2, 0.25) is 0 Å². The molecule has 9 nitrogen and oxygen atoms in total. The predicted molar refractivity (Wildman–Crippen MR) is 109 cm³/mol. The number of hydrogen-bond donors (Lipinski definition) is 1. The van der Waals surface area contributed by atoms with E-state index in [1.54, 1.807) is 17.0 Å². The first-order valence-electron chi connectivity index (χ1n) is 10.1. The molecule has 30 heavy (non-hydrogen) atoms. The van der Waals surface area contributed by atoms with Crippen LogP contribution in [0.4, 0.5) is 11.7 Å². The number of hydrogen-bond acceptors (Lipinski definition) is 7. The van der Waals surface area contributed by atoms with E-state index >= 15 is 0 Å². The van der Waals surface area contributed by atoms with Crippen molar-refractivity contribution >= 4 is 33.4 Å². The smallest absolute Gasteiger partial charge is 0.322 e. The van der Waals surface area contributed by atoms with E-state index in [4.69, 9.17) is 4.42 Å². The molecule has 160 valence electrons. The molecule has 1 aliphatic heterocycles. The van der Waals surface area contributed by atoms with E-state index in [1.807, 2.05) is 0 Å². The lowest BCUT2D eigenvalue weighted by Gasteiger charge is -2.19. The summed E-state index contributed by atoms with van der Waals surface area (Å²) in [7, 11) is -3.30. The SMILES string of the molecule is CS(=O)(=O)c1ccc(N2C[C@@H](c3nnc(NC(=O)C4CCCCC4)o3)CC2=O)cc1. The Morgan fingerprint density at radius 2 is 1.83 bits per heavy atom. The molecule has 0 radical (unpaired) electrons. The van der Waals surface area contributed by atoms with Gasteiger partial charge in [-0.05, 0) is 37.1 Å². The molecule has 1 saturated carbocycles. The standard InChI is InChI=1S/C20H24N4O5S/c1-30(27,28)16-9-7-15(8-10-16)24-12-14(11-17(24)25)19-22-23-20(29-19)21-18(26)13-5-3-2-4-6-13/h7-10,13-14H,2-6,11-12H2,1H3,(H,21,23,26)/t14-/m0/s1. The van der Waals surface area contributed by atoms with Gasteiger partial charge in [0.15, 0.2) is 9.84 Å². The van der Waals surface area contributed by atoms with Crippen molar-refractivity contribution in [2.45, 2.75) is 49.3 Å². The molecule has 2 amide bonds. The van der Waals surface area contributed by atoms with E-state index in [2.05, 4.69) is 15.5 Å². The molecule has 1 saturated heterocycles. The van der Waals surface area contributed by atoms with Gasteiger partial charge in [0.25, 0.3) is 0 Å². The molecule has 0 spiro atoms. The average Bonchev–Trinajstić information content (AvgIpc) is 3.34. The third-order valence-electron chi connectivity index (χ3n) is 5.70. The van der Waals surface area contributed by atoms with E-state index in [0.717, 1.165) is 38.4 Å². The molecular weight excluding hydrogens is 408 g/mol. The lowest BCUT2D eigenvalue weighted by Crippen LogP contribution is -2.24. The zero-order valence-corrected chi connectivity index (χ0v) is 17.5. The van der Waals surface area contributed by atoms with Crippen molar-refractivity contribution < 1.29 is 22.4 Å². The van der Waals surface area contributed by atoms with E-state index < -0.39 is 9.84 Å². The number of carbonyl (C=O) groups is 2. The van der Waals surface area contributed by atoms with Crippen molar-refractivity contribution in [1.29, 1.82) is 0 Å². The molecule has 2 aromatic rings. The molecule has 1 N–H and O–H groups in total. The molecule has 1 aliphatic carbocycles. The van der Waals surface area contributed by atoms with Gasteiger partial charge in [0.2, 0.25) is 17.7 Å². The highest BCUT2D eigenvalue weighted by molar-refractivity contribution is 7.90. The minimum atomic E-state index is -3.30. The second-order valence-electron chi connectivity index (χ2n) is 7.94. The maximum atomic E-state index is 12.5. The molecule has 1 aromatic carbocycles. The highest BCUT2D eigenvalue weighted by Gasteiger charge is 2.35. The predicted octanol–water partition coefficient (Wildman–Crippen LogP) is 2.51. The number of nitrogens with zero attached hydrogens (tertiary/aromatic N) is 3. The largest absolute Gasteiger partial charge is 0.407 e. The van der Waals surface area contributed by atoms with Crippen LogP contribution in [0.15, 0.2) is 33.6 Å². The molecule has 1 atom stereocenters. The van der Waals surface area contributed by atoms with Gasteiger partial charge in [0, 0.05) is 30.8 Å². The van der Waals surface area contributed by atoms with Gasteiger partial charge in [-0.25, -0.2) is 8.42 Å². The number of rotatable bonds is 5. The van der Waals surface area contributed by atoms with Crippen molar-refractivity contribution in [3.63, 3.8) is 0 Å². The fourth-order valence-electron chi connectivity index (χ4n) is 4.02. The summed E-state index contributed by atoms with van der Waals surface area (Å²) < 4.78 is 28.8. The lowest BCUT2D eigenvalue weighted by atomic mass is 9.89. The summed E-state index contributed by atoms with van der Waals surface area (Å²) >= 11 is 0. The van der Waals surface area contributed by atoms with Crippen LogP contribution in [0, 0.1) is 5.92 Å². The zero-order chi connectivity index (χ0) is 21.3. The number of benzene rings is 1. The Hall–Kier alpha value is -2.75. The van der Waals surface area contributed by atoms with Crippen molar-refractivity contribution in [2.75, 3.05) is 23.0 Å². The highest BCUT2D eigenvalue weighted by Crippen LogP contribution is 2.32. The van der Waals surface area contributed by atoms with E-state index in [-0.39, 0.29) is 41.0 Å². The molecule has 4 rings (SSSR count). The number of carbonyl (C=O) groups excluding carboxylic acids is 2. The minimum absolute atomic E-state index is 0.0208. The summed E-state index contributed by atoms with van der Waals surface area (Å²) in [4.78, 5) is 26.6. The fraction of sp³-hybridized carbons (Fsp3) is 0.500. The molecule has 10 heteroatoms. The van der Waals surface area contributed by atoms with Crippen LogP contribution in [0.3, 0.4) is 0 Å². The van der Waals surface area contributed by atoms with Crippen LogP contribution >= 0.6 is 0 Å². The molecule has 2 fully saturated rings. The van der Waals surface area contributed by atoms with Crippen molar-refractivity contribution in [2.24, 2.45) is 5.92 Å². The first-order valence-corrected chi connectivity index (χ1v) is 11.9. The lowest BCUT2D eigenvalue weighted by molar-refractivity contribution is -0.121. The van der Waals surface area contributed by atoms with E-state index in [1.165, 1.54) is 12.1 Å². The topological polar surface area (TPSA) is 122 Å². The Labute approximate surface area is 174 Å².